The fraction of sp³-hybridized carbons (Fsp3) is 0.312. The summed E-state index contributed by atoms with van der Waals surface area (Å²) in [5.41, 5.74) is -1.01. The highest BCUT2D eigenvalue weighted by molar-refractivity contribution is 7.13. The van der Waals surface area contributed by atoms with Crippen LogP contribution in [0.25, 0.3) is 10.7 Å². The van der Waals surface area contributed by atoms with E-state index in [1.165, 1.54) is 32.9 Å². The average molecular weight is 359 g/mol. The Morgan fingerprint density at radius 1 is 1.16 bits per heavy atom. The molecule has 1 fully saturated rings. The minimum Gasteiger partial charge on any atom is -0.303 e. The lowest BCUT2D eigenvalue weighted by molar-refractivity contribution is 0.326. The second-order valence-electron chi connectivity index (χ2n) is 6.01. The van der Waals surface area contributed by atoms with Crippen molar-refractivity contribution in [3.8, 4) is 10.7 Å². The van der Waals surface area contributed by atoms with Crippen LogP contribution in [0.3, 0.4) is 0 Å². The molecule has 0 saturated heterocycles. The molecule has 0 spiro atoms. The van der Waals surface area contributed by atoms with Crippen LogP contribution >= 0.6 is 11.3 Å². The van der Waals surface area contributed by atoms with Gasteiger partial charge in [-0.1, -0.05) is 0 Å². The topological polar surface area (TPSA) is 82.7 Å². The third kappa shape index (κ3) is 2.80. The maximum Gasteiger partial charge on any atom is 0.317 e. The Labute approximate surface area is 145 Å². The Balaban J connectivity index is 1.60. The van der Waals surface area contributed by atoms with Crippen LogP contribution in [0, 0.1) is 0 Å². The van der Waals surface area contributed by atoms with Crippen LogP contribution in [0.2, 0.25) is 0 Å². The SMILES string of the molecule is O=c1c(=O)n(C2(CF)CC2)ccn1Cc1ccc(-c2nccs2)nn1. The van der Waals surface area contributed by atoms with Crippen molar-refractivity contribution in [1.82, 2.24) is 24.3 Å². The van der Waals surface area contributed by atoms with Gasteiger partial charge >= 0.3 is 11.1 Å². The standard InChI is InChI=1S/C16H14FN5O2S/c17-10-16(3-4-16)22-7-6-21(14(23)15(22)24)9-11-1-2-12(20-19-11)13-18-5-8-25-13/h1-2,5-8H,3-4,9-10H2. The van der Waals surface area contributed by atoms with Crippen molar-refractivity contribution in [3.05, 3.63) is 62.5 Å². The van der Waals surface area contributed by atoms with Gasteiger partial charge in [0.2, 0.25) is 0 Å². The number of halogens is 1. The average Bonchev–Trinajstić information content (AvgIpc) is 3.23. The van der Waals surface area contributed by atoms with Gasteiger partial charge in [0.05, 0.1) is 17.8 Å². The maximum atomic E-state index is 13.1. The lowest BCUT2D eigenvalue weighted by Crippen LogP contribution is -2.45. The molecule has 9 heteroatoms. The van der Waals surface area contributed by atoms with Crippen molar-refractivity contribution >= 4 is 11.3 Å². The molecule has 128 valence electrons. The van der Waals surface area contributed by atoms with Crippen molar-refractivity contribution in [3.63, 3.8) is 0 Å². The smallest absolute Gasteiger partial charge is 0.303 e. The normalized spacial score (nSPS) is 15.2. The van der Waals surface area contributed by atoms with Crippen LogP contribution in [0.5, 0.6) is 0 Å². The number of hydrogen-bond acceptors (Lipinski definition) is 6. The minimum atomic E-state index is -0.815. The first kappa shape index (κ1) is 15.8. The molecule has 7 nitrogen and oxygen atoms in total. The molecule has 3 aromatic rings. The molecule has 0 N–H and O–H groups in total. The summed E-state index contributed by atoms with van der Waals surface area (Å²) in [6.45, 7) is -0.511. The summed E-state index contributed by atoms with van der Waals surface area (Å²) in [5, 5.41) is 10.8. The molecule has 3 heterocycles. The molecule has 25 heavy (non-hydrogen) atoms. The molecular formula is C16H14FN5O2S. The van der Waals surface area contributed by atoms with Crippen molar-refractivity contribution in [2.75, 3.05) is 6.67 Å². The van der Waals surface area contributed by atoms with E-state index >= 15 is 0 Å². The predicted octanol–water partition coefficient (Wildman–Crippen LogP) is 1.43. The van der Waals surface area contributed by atoms with E-state index in [1.54, 1.807) is 18.3 Å². The van der Waals surface area contributed by atoms with Crippen molar-refractivity contribution in [2.45, 2.75) is 24.9 Å². The summed E-state index contributed by atoms with van der Waals surface area (Å²) in [6, 6.07) is 3.52. The highest BCUT2D eigenvalue weighted by Gasteiger charge is 2.45. The first-order chi connectivity index (χ1) is 12.1. The molecule has 0 aliphatic heterocycles. The Hall–Kier alpha value is -2.68. The zero-order chi connectivity index (χ0) is 17.4. The van der Waals surface area contributed by atoms with Gasteiger partial charge in [0.1, 0.15) is 17.4 Å². The lowest BCUT2D eigenvalue weighted by atomic mass is 10.3. The second kappa shape index (κ2) is 5.99. The van der Waals surface area contributed by atoms with Crippen LogP contribution in [0.15, 0.2) is 45.7 Å². The highest BCUT2D eigenvalue weighted by Crippen LogP contribution is 2.42. The summed E-state index contributed by atoms with van der Waals surface area (Å²) < 4.78 is 15.6. The Kier molecular flexibility index (Phi) is 3.79. The van der Waals surface area contributed by atoms with Gasteiger partial charge in [-0.2, -0.15) is 5.10 Å². The lowest BCUT2D eigenvalue weighted by Gasteiger charge is -2.15. The van der Waals surface area contributed by atoms with Crippen LogP contribution in [-0.4, -0.2) is 31.0 Å². The zero-order valence-corrected chi connectivity index (χ0v) is 13.9. The number of alkyl halides is 1. The van der Waals surface area contributed by atoms with E-state index in [9.17, 15) is 14.0 Å². The molecular weight excluding hydrogens is 345 g/mol. The first-order valence-electron chi connectivity index (χ1n) is 7.74. The second-order valence-corrected chi connectivity index (χ2v) is 6.91. The molecule has 1 aliphatic rings. The summed E-state index contributed by atoms with van der Waals surface area (Å²) in [5.74, 6) is 0. The number of rotatable bonds is 5. The summed E-state index contributed by atoms with van der Waals surface area (Å²) >= 11 is 1.46. The van der Waals surface area contributed by atoms with Crippen LogP contribution in [-0.2, 0) is 12.1 Å². The van der Waals surface area contributed by atoms with E-state index in [2.05, 4.69) is 15.2 Å². The fourth-order valence-corrected chi connectivity index (χ4v) is 3.27. The molecule has 0 atom stereocenters. The van der Waals surface area contributed by atoms with E-state index in [0.29, 0.717) is 24.2 Å². The van der Waals surface area contributed by atoms with Crippen molar-refractivity contribution in [1.29, 1.82) is 0 Å². The van der Waals surface area contributed by atoms with E-state index in [0.717, 1.165) is 5.01 Å². The molecule has 1 saturated carbocycles. The van der Waals surface area contributed by atoms with Gasteiger partial charge in [0.15, 0.2) is 0 Å². The van der Waals surface area contributed by atoms with Crippen LogP contribution < -0.4 is 11.1 Å². The van der Waals surface area contributed by atoms with E-state index in [1.807, 2.05) is 5.38 Å². The van der Waals surface area contributed by atoms with Crippen LogP contribution in [0.1, 0.15) is 18.5 Å². The Morgan fingerprint density at radius 2 is 2.00 bits per heavy atom. The molecule has 4 rings (SSSR count). The van der Waals surface area contributed by atoms with E-state index in [4.69, 9.17) is 0 Å². The van der Waals surface area contributed by atoms with Gasteiger partial charge in [-0.25, -0.2) is 9.37 Å². The largest absolute Gasteiger partial charge is 0.317 e. The van der Waals surface area contributed by atoms with Gasteiger partial charge in [-0.3, -0.25) is 9.59 Å². The Morgan fingerprint density at radius 3 is 2.60 bits per heavy atom. The quantitative estimate of drug-likeness (QED) is 0.644. The number of aromatic nitrogens is 5. The highest BCUT2D eigenvalue weighted by atomic mass is 32.1. The third-order valence-electron chi connectivity index (χ3n) is 4.35. The number of hydrogen-bond donors (Lipinski definition) is 0. The first-order valence-corrected chi connectivity index (χ1v) is 8.62. The zero-order valence-electron chi connectivity index (χ0n) is 13.1. The number of nitrogens with zero attached hydrogens (tertiary/aromatic N) is 5. The van der Waals surface area contributed by atoms with Gasteiger partial charge in [-0.15, -0.1) is 16.4 Å². The third-order valence-corrected chi connectivity index (χ3v) is 5.14. The fourth-order valence-electron chi connectivity index (χ4n) is 2.67. The van der Waals surface area contributed by atoms with Crippen molar-refractivity contribution in [2.24, 2.45) is 0 Å². The molecule has 0 aromatic carbocycles. The van der Waals surface area contributed by atoms with Gasteiger partial charge in [0, 0.05) is 24.0 Å². The van der Waals surface area contributed by atoms with E-state index < -0.39 is 23.3 Å². The minimum absolute atomic E-state index is 0.128. The molecule has 0 radical (unpaired) electrons. The predicted molar refractivity (Wildman–Crippen MR) is 90.4 cm³/mol. The van der Waals surface area contributed by atoms with Crippen molar-refractivity contribution < 1.29 is 4.39 Å². The van der Waals surface area contributed by atoms with Gasteiger partial charge in [-0.05, 0) is 25.0 Å². The maximum absolute atomic E-state index is 13.1. The summed E-state index contributed by atoms with van der Waals surface area (Å²) in [6.07, 6.45) is 5.82. The number of thiazole rings is 1. The summed E-state index contributed by atoms with van der Waals surface area (Å²) in [4.78, 5) is 28.7. The monoisotopic (exact) mass is 359 g/mol. The van der Waals surface area contributed by atoms with E-state index in [-0.39, 0.29) is 6.54 Å². The van der Waals surface area contributed by atoms with Gasteiger partial charge < -0.3 is 9.13 Å². The molecule has 1 aliphatic carbocycles. The Bertz CT molecular complexity index is 1010. The molecule has 0 unspecified atom stereocenters. The molecule has 0 bridgehead atoms. The molecule has 3 aromatic heterocycles. The summed E-state index contributed by atoms with van der Waals surface area (Å²) in [7, 11) is 0. The van der Waals surface area contributed by atoms with Crippen LogP contribution in [0.4, 0.5) is 4.39 Å². The van der Waals surface area contributed by atoms with Gasteiger partial charge in [0.25, 0.3) is 0 Å². The molecule has 0 amide bonds.